The van der Waals surface area contributed by atoms with E-state index in [1.54, 1.807) is 6.08 Å². The van der Waals surface area contributed by atoms with Crippen LogP contribution in [0.15, 0.2) is 83.7 Å². The molecule has 0 aromatic heterocycles. The standard InChI is InChI=1S/C21H21O4P/c1-16-14-19(17-10-6-4-7-11-17)25-20(18-12-8-5-9-13-18)15-21(16)26(22,23-2)24-3/h4-15H,1-3H3. The molecule has 1 heterocycles. The zero-order valence-corrected chi connectivity index (χ0v) is 15.9. The molecule has 0 atom stereocenters. The van der Waals surface area contributed by atoms with Gasteiger partial charge in [0.15, 0.2) is 0 Å². The van der Waals surface area contributed by atoms with Gasteiger partial charge in [-0.1, -0.05) is 60.7 Å². The Bertz CT molecular complexity index is 904. The van der Waals surface area contributed by atoms with Gasteiger partial charge in [-0.2, -0.15) is 0 Å². The van der Waals surface area contributed by atoms with E-state index in [-0.39, 0.29) is 0 Å². The lowest BCUT2D eigenvalue weighted by atomic mass is 10.1. The summed E-state index contributed by atoms with van der Waals surface area (Å²) in [5, 5.41) is 0.479. The highest BCUT2D eigenvalue weighted by molar-refractivity contribution is 7.58. The summed E-state index contributed by atoms with van der Waals surface area (Å²) in [4.78, 5) is 0. The van der Waals surface area contributed by atoms with Gasteiger partial charge >= 0.3 is 7.60 Å². The van der Waals surface area contributed by atoms with Crippen molar-refractivity contribution in [3.8, 4) is 0 Å². The Morgan fingerprint density at radius 1 is 0.769 bits per heavy atom. The third kappa shape index (κ3) is 3.73. The average molecular weight is 368 g/mol. The van der Waals surface area contributed by atoms with Gasteiger partial charge in [0, 0.05) is 25.3 Å². The second-order valence-electron chi connectivity index (χ2n) is 5.78. The van der Waals surface area contributed by atoms with Crippen LogP contribution in [0.3, 0.4) is 0 Å². The smallest absolute Gasteiger partial charge is 0.361 e. The summed E-state index contributed by atoms with van der Waals surface area (Å²) in [5.74, 6) is 1.26. The third-order valence-electron chi connectivity index (χ3n) is 4.13. The Kier molecular flexibility index (Phi) is 5.58. The van der Waals surface area contributed by atoms with Crippen molar-refractivity contribution in [2.75, 3.05) is 14.2 Å². The topological polar surface area (TPSA) is 44.8 Å². The van der Waals surface area contributed by atoms with E-state index in [1.807, 2.05) is 73.7 Å². The largest absolute Gasteiger partial charge is 0.456 e. The molecule has 0 saturated heterocycles. The molecule has 0 spiro atoms. The average Bonchev–Trinajstić information content (AvgIpc) is 2.88. The number of allylic oxidation sites excluding steroid dienone is 4. The summed E-state index contributed by atoms with van der Waals surface area (Å²) >= 11 is 0. The number of hydrogen-bond donors (Lipinski definition) is 0. The summed E-state index contributed by atoms with van der Waals surface area (Å²) in [7, 11) is -0.672. The highest BCUT2D eigenvalue weighted by Gasteiger charge is 2.30. The van der Waals surface area contributed by atoms with E-state index >= 15 is 0 Å². The molecule has 1 aliphatic heterocycles. The molecule has 0 amide bonds. The van der Waals surface area contributed by atoms with Crippen LogP contribution in [0.2, 0.25) is 0 Å². The molecule has 2 aromatic carbocycles. The van der Waals surface area contributed by atoms with Gasteiger partial charge in [0.05, 0.1) is 5.31 Å². The van der Waals surface area contributed by atoms with Crippen molar-refractivity contribution >= 4 is 19.1 Å². The Labute approximate surface area is 154 Å². The summed E-state index contributed by atoms with van der Waals surface area (Å²) in [6, 6.07) is 19.5. The molecule has 0 radical (unpaired) electrons. The number of benzene rings is 2. The summed E-state index contributed by atoms with van der Waals surface area (Å²) < 4.78 is 29.7. The number of rotatable bonds is 5. The lowest BCUT2D eigenvalue weighted by molar-refractivity contribution is 0.284. The second kappa shape index (κ2) is 7.88. The highest BCUT2D eigenvalue weighted by Crippen LogP contribution is 2.58. The quantitative estimate of drug-likeness (QED) is 0.620. The van der Waals surface area contributed by atoms with Crippen LogP contribution in [0.1, 0.15) is 18.1 Å². The lowest BCUT2D eigenvalue weighted by Crippen LogP contribution is -1.95. The maximum absolute atomic E-state index is 13.1. The minimum Gasteiger partial charge on any atom is -0.456 e. The number of hydrogen-bond acceptors (Lipinski definition) is 4. The van der Waals surface area contributed by atoms with E-state index in [9.17, 15) is 4.57 Å². The van der Waals surface area contributed by atoms with E-state index in [1.165, 1.54) is 14.2 Å². The van der Waals surface area contributed by atoms with E-state index in [0.717, 1.165) is 16.7 Å². The van der Waals surface area contributed by atoms with Crippen LogP contribution in [-0.2, 0) is 18.3 Å². The van der Waals surface area contributed by atoms with E-state index in [0.29, 0.717) is 16.8 Å². The van der Waals surface area contributed by atoms with E-state index < -0.39 is 7.60 Å². The first-order chi connectivity index (χ1) is 12.6. The molecule has 2 aromatic rings. The van der Waals surface area contributed by atoms with Gasteiger partial charge in [-0.05, 0) is 24.6 Å². The molecule has 0 aliphatic carbocycles. The monoisotopic (exact) mass is 368 g/mol. The van der Waals surface area contributed by atoms with Gasteiger partial charge in [0.25, 0.3) is 0 Å². The van der Waals surface area contributed by atoms with E-state index in [4.69, 9.17) is 13.8 Å². The Morgan fingerprint density at radius 2 is 1.23 bits per heavy atom. The van der Waals surface area contributed by atoms with Crippen molar-refractivity contribution in [3.05, 3.63) is 94.8 Å². The van der Waals surface area contributed by atoms with E-state index in [2.05, 4.69) is 0 Å². The van der Waals surface area contributed by atoms with Gasteiger partial charge in [-0.25, -0.2) is 0 Å². The van der Waals surface area contributed by atoms with Crippen molar-refractivity contribution < 1.29 is 18.3 Å². The molecule has 0 N–H and O–H groups in total. The second-order valence-corrected chi connectivity index (χ2v) is 7.99. The Morgan fingerprint density at radius 3 is 1.69 bits per heavy atom. The third-order valence-corrected chi connectivity index (χ3v) is 6.17. The van der Waals surface area contributed by atoms with Crippen molar-refractivity contribution in [2.45, 2.75) is 6.92 Å². The lowest BCUT2D eigenvalue weighted by Gasteiger charge is -2.16. The summed E-state index contributed by atoms with van der Waals surface area (Å²) in [6.45, 7) is 1.87. The molecule has 4 nitrogen and oxygen atoms in total. The number of ether oxygens (including phenoxy) is 1. The van der Waals surface area contributed by atoms with Crippen molar-refractivity contribution in [3.63, 3.8) is 0 Å². The van der Waals surface area contributed by atoms with Crippen molar-refractivity contribution in [1.29, 1.82) is 0 Å². The van der Waals surface area contributed by atoms with Gasteiger partial charge in [-0.3, -0.25) is 4.57 Å². The zero-order valence-electron chi connectivity index (χ0n) is 15.0. The zero-order chi connectivity index (χ0) is 18.6. The Hall–Kier alpha value is -2.39. The molecule has 5 heteroatoms. The fourth-order valence-corrected chi connectivity index (χ4v) is 4.06. The molecule has 1 aliphatic rings. The first kappa shape index (κ1) is 18.4. The fourth-order valence-electron chi connectivity index (χ4n) is 2.74. The van der Waals surface area contributed by atoms with Crippen LogP contribution >= 0.6 is 7.60 Å². The van der Waals surface area contributed by atoms with Crippen LogP contribution in [0, 0.1) is 0 Å². The van der Waals surface area contributed by atoms with Crippen LogP contribution < -0.4 is 0 Å². The SMILES string of the molecule is COP(=O)(OC)C1=C(C)C=C(c2ccccc2)OC(c2ccccc2)=C1. The van der Waals surface area contributed by atoms with Gasteiger partial charge in [0.1, 0.15) is 11.5 Å². The molecule has 0 fully saturated rings. The van der Waals surface area contributed by atoms with Crippen LogP contribution in [0.4, 0.5) is 0 Å². The molecule has 3 rings (SSSR count). The van der Waals surface area contributed by atoms with Gasteiger partial charge in [-0.15, -0.1) is 0 Å². The highest BCUT2D eigenvalue weighted by atomic mass is 31.2. The normalized spacial score (nSPS) is 15.0. The molecular weight excluding hydrogens is 347 g/mol. The summed E-state index contributed by atoms with van der Waals surface area (Å²) in [5.41, 5.74) is 2.57. The molecule has 134 valence electrons. The van der Waals surface area contributed by atoms with Crippen LogP contribution in [-0.4, -0.2) is 14.2 Å². The van der Waals surface area contributed by atoms with Gasteiger partial charge in [0.2, 0.25) is 0 Å². The maximum atomic E-state index is 13.1. The minimum atomic E-state index is -3.44. The van der Waals surface area contributed by atoms with Crippen LogP contribution in [0.5, 0.6) is 0 Å². The molecule has 26 heavy (non-hydrogen) atoms. The molecule has 0 saturated carbocycles. The minimum absolute atomic E-state index is 0.479. The molecule has 0 unspecified atom stereocenters. The first-order valence-electron chi connectivity index (χ1n) is 8.22. The molecular formula is C21H21O4P. The van der Waals surface area contributed by atoms with Crippen LogP contribution in [0.25, 0.3) is 11.5 Å². The first-order valence-corrected chi connectivity index (χ1v) is 9.76. The predicted molar refractivity (Wildman–Crippen MR) is 104 cm³/mol. The molecule has 0 bridgehead atoms. The van der Waals surface area contributed by atoms with Gasteiger partial charge < -0.3 is 13.8 Å². The van der Waals surface area contributed by atoms with Crippen molar-refractivity contribution in [2.24, 2.45) is 0 Å². The predicted octanol–water partition coefficient (Wildman–Crippen LogP) is 5.86. The maximum Gasteiger partial charge on any atom is 0.361 e. The Balaban J connectivity index is 2.20. The van der Waals surface area contributed by atoms with Crippen molar-refractivity contribution in [1.82, 2.24) is 0 Å². The fraction of sp³-hybridized carbons (Fsp3) is 0.143. The summed E-state index contributed by atoms with van der Waals surface area (Å²) in [6.07, 6.45) is 3.60.